The molecule has 1 unspecified atom stereocenters. The first-order chi connectivity index (χ1) is 12.4. The minimum atomic E-state index is -3.28. The fraction of sp³-hybridized carbons (Fsp3) is 0.300. The second-order valence-corrected chi connectivity index (χ2v) is 8.93. The van der Waals surface area contributed by atoms with Crippen LogP contribution in [0.5, 0.6) is 0 Å². The van der Waals surface area contributed by atoms with Crippen LogP contribution < -0.4 is 4.90 Å². The third-order valence-corrected chi connectivity index (χ3v) is 6.08. The van der Waals surface area contributed by atoms with Crippen molar-refractivity contribution < 1.29 is 8.42 Å². The Hall–Kier alpha value is -2.47. The molecule has 1 atom stereocenters. The number of sulfone groups is 1. The molecule has 1 saturated heterocycles. The van der Waals surface area contributed by atoms with E-state index in [-0.39, 0.29) is 6.04 Å². The average molecular weight is 367 g/mol. The molecule has 26 heavy (non-hydrogen) atoms. The van der Waals surface area contributed by atoms with Crippen molar-refractivity contribution >= 4 is 26.6 Å². The first kappa shape index (κ1) is 17.0. The van der Waals surface area contributed by atoms with E-state index in [9.17, 15) is 8.42 Å². The molecule has 134 valence electrons. The van der Waals surface area contributed by atoms with E-state index in [1.165, 1.54) is 17.4 Å². The molecule has 1 aromatic heterocycles. The van der Waals surface area contributed by atoms with E-state index >= 15 is 0 Å². The number of aromatic nitrogens is 2. The Morgan fingerprint density at radius 3 is 2.73 bits per heavy atom. The molecule has 0 spiro atoms. The summed E-state index contributed by atoms with van der Waals surface area (Å²) < 4.78 is 24.0. The van der Waals surface area contributed by atoms with Crippen molar-refractivity contribution in [2.45, 2.75) is 30.7 Å². The van der Waals surface area contributed by atoms with Gasteiger partial charge in [-0.15, -0.1) is 0 Å². The summed E-state index contributed by atoms with van der Waals surface area (Å²) in [6.45, 7) is 3.00. The third-order valence-electron chi connectivity index (χ3n) is 4.97. The summed E-state index contributed by atoms with van der Waals surface area (Å²) in [4.78, 5) is 11.4. The lowest BCUT2D eigenvalue weighted by Crippen LogP contribution is -2.24. The fourth-order valence-corrected chi connectivity index (χ4v) is 4.37. The summed E-state index contributed by atoms with van der Waals surface area (Å²) in [6, 6.07) is 13.9. The molecule has 3 aromatic rings. The molecule has 0 amide bonds. The number of rotatable bonds is 3. The van der Waals surface area contributed by atoms with Crippen LogP contribution in [0.3, 0.4) is 0 Å². The second kappa shape index (κ2) is 6.36. The van der Waals surface area contributed by atoms with Gasteiger partial charge in [-0.2, -0.15) is 0 Å². The van der Waals surface area contributed by atoms with Crippen LogP contribution in [-0.4, -0.2) is 31.2 Å². The lowest BCUT2D eigenvalue weighted by molar-refractivity contribution is 0.602. The van der Waals surface area contributed by atoms with Crippen molar-refractivity contribution in [3.63, 3.8) is 0 Å². The molecule has 6 heteroatoms. The summed E-state index contributed by atoms with van der Waals surface area (Å²) >= 11 is 0. The minimum Gasteiger partial charge on any atom is -0.349 e. The zero-order chi connectivity index (χ0) is 18.3. The molecule has 4 rings (SSSR count). The van der Waals surface area contributed by atoms with E-state index < -0.39 is 9.84 Å². The van der Waals surface area contributed by atoms with Gasteiger partial charge in [-0.25, -0.2) is 18.4 Å². The molecule has 1 aliphatic heterocycles. The van der Waals surface area contributed by atoms with E-state index in [4.69, 9.17) is 0 Å². The third kappa shape index (κ3) is 3.05. The summed E-state index contributed by atoms with van der Waals surface area (Å²) in [5.74, 6) is 0.810. The van der Waals surface area contributed by atoms with Gasteiger partial charge in [0.1, 0.15) is 12.1 Å². The monoisotopic (exact) mass is 367 g/mol. The van der Waals surface area contributed by atoms with Crippen molar-refractivity contribution in [1.82, 2.24) is 9.97 Å². The molecular formula is C20H21N3O2S. The molecule has 0 aliphatic carbocycles. The van der Waals surface area contributed by atoms with Crippen LogP contribution in [0, 0.1) is 6.92 Å². The first-order valence-corrected chi connectivity index (χ1v) is 10.6. The SMILES string of the molecule is Cc1cccc(C2CCCN2c2ncnc3ccc(S(C)(=O)=O)cc23)c1. The molecule has 0 N–H and O–H groups in total. The molecular weight excluding hydrogens is 346 g/mol. The normalized spacial score (nSPS) is 17.8. The molecule has 0 saturated carbocycles. The number of anilines is 1. The van der Waals surface area contributed by atoms with Crippen LogP contribution >= 0.6 is 0 Å². The van der Waals surface area contributed by atoms with Gasteiger partial charge >= 0.3 is 0 Å². The van der Waals surface area contributed by atoms with Gasteiger partial charge < -0.3 is 4.90 Å². The van der Waals surface area contributed by atoms with Gasteiger partial charge in [0.05, 0.1) is 16.5 Å². The zero-order valence-corrected chi connectivity index (χ0v) is 15.7. The summed E-state index contributed by atoms with van der Waals surface area (Å²) in [5, 5.41) is 0.787. The van der Waals surface area contributed by atoms with Crippen LogP contribution in [0.25, 0.3) is 10.9 Å². The van der Waals surface area contributed by atoms with Crippen LogP contribution in [0.2, 0.25) is 0 Å². The van der Waals surface area contributed by atoms with E-state index in [2.05, 4.69) is 46.1 Å². The molecule has 5 nitrogen and oxygen atoms in total. The summed E-state index contributed by atoms with van der Waals surface area (Å²) in [6.07, 6.45) is 4.92. The molecule has 1 fully saturated rings. The van der Waals surface area contributed by atoms with Crippen molar-refractivity contribution in [2.24, 2.45) is 0 Å². The highest BCUT2D eigenvalue weighted by Crippen LogP contribution is 2.38. The Kier molecular flexibility index (Phi) is 4.15. The van der Waals surface area contributed by atoms with Crippen LogP contribution in [0.15, 0.2) is 53.7 Å². The van der Waals surface area contributed by atoms with Gasteiger partial charge in [-0.05, 0) is 43.5 Å². The average Bonchev–Trinajstić information content (AvgIpc) is 3.09. The predicted molar refractivity (Wildman–Crippen MR) is 103 cm³/mol. The van der Waals surface area contributed by atoms with E-state index in [0.717, 1.165) is 36.1 Å². The van der Waals surface area contributed by atoms with Gasteiger partial charge in [0.2, 0.25) is 0 Å². The smallest absolute Gasteiger partial charge is 0.175 e. The summed E-state index contributed by atoms with van der Waals surface area (Å²) in [7, 11) is -3.28. The molecule has 2 heterocycles. The number of hydrogen-bond acceptors (Lipinski definition) is 5. The number of fused-ring (bicyclic) bond motifs is 1. The molecule has 2 aromatic carbocycles. The van der Waals surface area contributed by atoms with Crippen LogP contribution in [-0.2, 0) is 9.84 Å². The Morgan fingerprint density at radius 1 is 1.12 bits per heavy atom. The molecule has 1 aliphatic rings. The van der Waals surface area contributed by atoms with Crippen LogP contribution in [0.4, 0.5) is 5.82 Å². The van der Waals surface area contributed by atoms with Gasteiger partial charge in [0.25, 0.3) is 0 Å². The first-order valence-electron chi connectivity index (χ1n) is 8.71. The number of benzene rings is 2. The standard InChI is InChI=1S/C20H21N3O2S/c1-14-5-3-6-15(11-14)19-7-4-10-23(19)20-17-12-16(26(2,24)25)8-9-18(17)21-13-22-20/h3,5-6,8-9,11-13,19H,4,7,10H2,1-2H3. The molecule has 0 bridgehead atoms. The van der Waals surface area contributed by atoms with E-state index in [1.807, 2.05) is 0 Å². The van der Waals surface area contributed by atoms with E-state index in [1.54, 1.807) is 24.5 Å². The lowest BCUT2D eigenvalue weighted by Gasteiger charge is -2.27. The predicted octanol–water partition coefficient (Wildman–Crippen LogP) is 3.68. The lowest BCUT2D eigenvalue weighted by atomic mass is 10.0. The molecule has 0 radical (unpaired) electrons. The number of aryl methyl sites for hydroxylation is 1. The Labute approximate surface area is 153 Å². The van der Waals surface area contributed by atoms with Crippen molar-refractivity contribution in [3.8, 4) is 0 Å². The minimum absolute atomic E-state index is 0.245. The fourth-order valence-electron chi connectivity index (χ4n) is 3.73. The quantitative estimate of drug-likeness (QED) is 0.706. The largest absolute Gasteiger partial charge is 0.349 e. The Bertz CT molecular complexity index is 1080. The maximum absolute atomic E-state index is 12.0. The van der Waals surface area contributed by atoms with Crippen LogP contribution in [0.1, 0.15) is 30.0 Å². The van der Waals surface area contributed by atoms with E-state index in [0.29, 0.717) is 4.90 Å². The summed E-state index contributed by atoms with van der Waals surface area (Å²) in [5.41, 5.74) is 3.27. The van der Waals surface area contributed by atoms with Crippen molar-refractivity contribution in [2.75, 3.05) is 17.7 Å². The van der Waals surface area contributed by atoms with Crippen molar-refractivity contribution in [3.05, 3.63) is 59.9 Å². The number of hydrogen-bond donors (Lipinski definition) is 0. The van der Waals surface area contributed by atoms with Gasteiger partial charge in [0.15, 0.2) is 9.84 Å². The highest BCUT2D eigenvalue weighted by atomic mass is 32.2. The Morgan fingerprint density at radius 2 is 1.96 bits per heavy atom. The highest BCUT2D eigenvalue weighted by molar-refractivity contribution is 7.90. The second-order valence-electron chi connectivity index (χ2n) is 6.91. The maximum atomic E-state index is 12.0. The highest BCUT2D eigenvalue weighted by Gasteiger charge is 2.28. The zero-order valence-electron chi connectivity index (χ0n) is 14.9. The Balaban J connectivity index is 1.85. The number of nitrogens with zero attached hydrogens (tertiary/aromatic N) is 3. The van der Waals surface area contributed by atoms with Crippen molar-refractivity contribution in [1.29, 1.82) is 0 Å². The maximum Gasteiger partial charge on any atom is 0.175 e. The van der Waals surface area contributed by atoms with Gasteiger partial charge in [-0.1, -0.05) is 29.8 Å². The topological polar surface area (TPSA) is 63.2 Å². The van der Waals surface area contributed by atoms with Gasteiger partial charge in [-0.3, -0.25) is 0 Å². The van der Waals surface area contributed by atoms with Gasteiger partial charge in [0, 0.05) is 18.2 Å².